The van der Waals surface area contributed by atoms with Crippen molar-refractivity contribution in [2.75, 3.05) is 35.2 Å². The van der Waals surface area contributed by atoms with Crippen LogP contribution in [0.1, 0.15) is 12.8 Å². The van der Waals surface area contributed by atoms with E-state index in [1.165, 1.54) is 30.2 Å². The number of nitrogens with zero attached hydrogens (tertiary/aromatic N) is 2. The number of sulfonamides is 2. The van der Waals surface area contributed by atoms with Crippen LogP contribution in [0.2, 0.25) is 0 Å². The van der Waals surface area contributed by atoms with Crippen LogP contribution >= 0.6 is 15.9 Å². The third-order valence-corrected chi connectivity index (χ3v) is 7.84. The monoisotopic (exact) mass is 497 g/mol. The van der Waals surface area contributed by atoms with Gasteiger partial charge < -0.3 is 10.1 Å². The summed E-state index contributed by atoms with van der Waals surface area (Å²) in [7, 11) is -6.96. The third kappa shape index (κ3) is 4.94. The maximum Gasteiger partial charge on any atom is 0.410 e. The Labute approximate surface area is 172 Å². The maximum atomic E-state index is 12.5. The van der Waals surface area contributed by atoms with Crippen LogP contribution in [0.15, 0.2) is 22.7 Å². The lowest BCUT2D eigenvalue weighted by atomic mass is 10.2. The van der Waals surface area contributed by atoms with Crippen molar-refractivity contribution in [3.8, 4) is 0 Å². The molecule has 156 valence electrons. The van der Waals surface area contributed by atoms with Gasteiger partial charge in [0.15, 0.2) is 0 Å². The molecule has 13 heteroatoms. The summed E-state index contributed by atoms with van der Waals surface area (Å²) < 4.78 is 52.7. The van der Waals surface area contributed by atoms with Gasteiger partial charge in [-0.1, -0.05) is 0 Å². The quantitative estimate of drug-likeness (QED) is 0.649. The minimum atomic E-state index is -4.10. The zero-order valence-electron chi connectivity index (χ0n) is 15.4. The van der Waals surface area contributed by atoms with Gasteiger partial charge in [0.05, 0.1) is 25.3 Å². The van der Waals surface area contributed by atoms with Gasteiger partial charge in [0.2, 0.25) is 26.0 Å². The summed E-state index contributed by atoms with van der Waals surface area (Å²) in [6.45, 7) is 0.408. The fourth-order valence-corrected chi connectivity index (χ4v) is 6.73. The van der Waals surface area contributed by atoms with Gasteiger partial charge in [0.25, 0.3) is 0 Å². The Morgan fingerprint density at radius 1 is 1.21 bits per heavy atom. The van der Waals surface area contributed by atoms with Crippen molar-refractivity contribution in [3.63, 3.8) is 0 Å². The van der Waals surface area contributed by atoms with Crippen LogP contribution in [-0.4, -0.2) is 65.9 Å². The van der Waals surface area contributed by atoms with E-state index in [0.29, 0.717) is 28.8 Å². The molecule has 0 bridgehead atoms. The van der Waals surface area contributed by atoms with E-state index in [9.17, 15) is 26.4 Å². The van der Waals surface area contributed by atoms with E-state index >= 15 is 0 Å². The number of ether oxygens (including phenoxy) is 1. The minimum absolute atomic E-state index is 0.111. The molecule has 1 saturated heterocycles. The zero-order chi connectivity index (χ0) is 21.3. The second-order valence-electron chi connectivity index (χ2n) is 6.20. The van der Waals surface area contributed by atoms with E-state index in [4.69, 9.17) is 0 Å². The van der Waals surface area contributed by atoms with Gasteiger partial charge in [-0.25, -0.2) is 21.6 Å². The van der Waals surface area contributed by atoms with E-state index < -0.39 is 38.1 Å². The van der Waals surface area contributed by atoms with Gasteiger partial charge in [-0.3, -0.25) is 9.69 Å². The normalized spacial score (nSPS) is 17.3. The fourth-order valence-electron chi connectivity index (χ4n) is 2.94. The molecule has 0 aliphatic carbocycles. The van der Waals surface area contributed by atoms with E-state index in [0.717, 1.165) is 12.5 Å². The molecule has 0 spiro atoms. The van der Waals surface area contributed by atoms with Crippen LogP contribution in [0.25, 0.3) is 0 Å². The van der Waals surface area contributed by atoms with Gasteiger partial charge in [0.1, 0.15) is 6.04 Å². The van der Waals surface area contributed by atoms with Gasteiger partial charge in [-0.05, 0) is 47.0 Å². The molecule has 2 rings (SSSR count). The van der Waals surface area contributed by atoms with Crippen molar-refractivity contribution < 1.29 is 31.2 Å². The number of carbonyl (C=O) groups excluding carboxylic acids is 2. The Hall–Kier alpha value is -1.86. The predicted octanol–water partition coefficient (Wildman–Crippen LogP) is 1.34. The van der Waals surface area contributed by atoms with Crippen LogP contribution < -0.4 is 9.03 Å². The van der Waals surface area contributed by atoms with Crippen LogP contribution in [0.5, 0.6) is 0 Å². The van der Waals surface area contributed by atoms with Crippen molar-refractivity contribution in [3.05, 3.63) is 22.7 Å². The molecule has 0 saturated carbocycles. The molecule has 1 heterocycles. The number of carbonyl (C=O) groups is 2. The van der Waals surface area contributed by atoms with E-state index in [1.807, 2.05) is 0 Å². The SMILES string of the molecule is COC(=O)N1CCCC1C(=O)Nc1ccc(N(S(C)(=O)=O)S(C)(=O)=O)c(Br)c1. The molecule has 1 aromatic carbocycles. The Kier molecular flexibility index (Phi) is 6.61. The van der Waals surface area contributed by atoms with Crippen LogP contribution in [0, 0.1) is 0 Å². The van der Waals surface area contributed by atoms with Crippen LogP contribution in [-0.2, 0) is 29.6 Å². The first kappa shape index (κ1) is 22.4. The lowest BCUT2D eigenvalue weighted by molar-refractivity contribution is -0.119. The largest absolute Gasteiger partial charge is 0.453 e. The molecule has 0 radical (unpaired) electrons. The summed E-state index contributed by atoms with van der Waals surface area (Å²) in [5, 5.41) is 2.64. The smallest absolute Gasteiger partial charge is 0.410 e. The summed E-state index contributed by atoms with van der Waals surface area (Å²) in [5.74, 6) is -0.425. The number of benzene rings is 1. The molecule has 2 amide bonds. The van der Waals surface area contributed by atoms with Crippen LogP contribution in [0.3, 0.4) is 0 Å². The summed E-state index contributed by atoms with van der Waals surface area (Å²) in [6, 6.07) is 3.33. The highest BCUT2D eigenvalue weighted by Gasteiger charge is 2.35. The van der Waals surface area contributed by atoms with Gasteiger partial charge in [0, 0.05) is 16.7 Å². The van der Waals surface area contributed by atoms with Crippen molar-refractivity contribution in [1.82, 2.24) is 4.90 Å². The number of hydrogen-bond acceptors (Lipinski definition) is 7. The predicted molar refractivity (Wildman–Crippen MR) is 107 cm³/mol. The number of rotatable bonds is 5. The maximum absolute atomic E-state index is 12.5. The first-order valence-electron chi connectivity index (χ1n) is 8.01. The van der Waals surface area contributed by atoms with Gasteiger partial charge in [-0.2, -0.15) is 3.71 Å². The lowest BCUT2D eigenvalue weighted by Crippen LogP contribution is -2.43. The number of hydrogen-bond donors (Lipinski definition) is 1. The molecule has 1 N–H and O–H groups in total. The second kappa shape index (κ2) is 8.25. The fraction of sp³-hybridized carbons (Fsp3) is 0.467. The number of halogens is 1. The Morgan fingerprint density at radius 3 is 2.32 bits per heavy atom. The minimum Gasteiger partial charge on any atom is -0.453 e. The molecule has 0 aromatic heterocycles. The average molecular weight is 498 g/mol. The molecule has 1 aromatic rings. The molecule has 28 heavy (non-hydrogen) atoms. The third-order valence-electron chi connectivity index (χ3n) is 3.98. The summed E-state index contributed by atoms with van der Waals surface area (Å²) in [4.78, 5) is 25.6. The highest BCUT2D eigenvalue weighted by Crippen LogP contribution is 2.32. The molecule has 1 aliphatic heterocycles. The second-order valence-corrected chi connectivity index (χ2v) is 10.9. The molecular weight excluding hydrogens is 478 g/mol. The van der Waals surface area contributed by atoms with Crippen molar-refractivity contribution in [2.45, 2.75) is 18.9 Å². The number of likely N-dealkylation sites (tertiary alicyclic amines) is 1. The number of anilines is 2. The first-order valence-corrected chi connectivity index (χ1v) is 12.5. The first-order chi connectivity index (χ1) is 12.9. The summed E-state index contributed by atoms with van der Waals surface area (Å²) in [5.41, 5.74) is 0.194. The Morgan fingerprint density at radius 2 is 1.82 bits per heavy atom. The lowest BCUT2D eigenvalue weighted by Gasteiger charge is -2.23. The van der Waals surface area contributed by atoms with Crippen molar-refractivity contribution >= 4 is 59.4 Å². The summed E-state index contributed by atoms with van der Waals surface area (Å²) >= 11 is 3.15. The average Bonchev–Trinajstić information content (AvgIpc) is 3.03. The molecule has 1 fully saturated rings. The van der Waals surface area contributed by atoms with E-state index in [-0.39, 0.29) is 10.2 Å². The number of amides is 2. The molecular formula is C15H20BrN3O7S2. The molecule has 10 nitrogen and oxygen atoms in total. The highest BCUT2D eigenvalue weighted by atomic mass is 79.9. The highest BCUT2D eigenvalue weighted by molar-refractivity contribution is 9.10. The van der Waals surface area contributed by atoms with Crippen molar-refractivity contribution in [2.24, 2.45) is 0 Å². The summed E-state index contributed by atoms with van der Waals surface area (Å²) in [6.07, 6.45) is 2.10. The van der Waals surface area contributed by atoms with E-state index in [2.05, 4.69) is 26.0 Å². The van der Waals surface area contributed by atoms with Gasteiger partial charge >= 0.3 is 6.09 Å². The molecule has 1 aliphatic rings. The zero-order valence-corrected chi connectivity index (χ0v) is 18.6. The van der Waals surface area contributed by atoms with Crippen molar-refractivity contribution in [1.29, 1.82) is 0 Å². The molecule has 1 unspecified atom stereocenters. The Bertz CT molecular complexity index is 963. The number of nitrogens with one attached hydrogen (secondary N) is 1. The number of methoxy groups -OCH3 is 1. The van der Waals surface area contributed by atoms with E-state index in [1.54, 1.807) is 0 Å². The molecule has 1 atom stereocenters. The standard InChI is InChI=1S/C15H20BrN3O7S2/c1-26-15(21)18-8-4-5-13(18)14(20)17-10-6-7-12(11(16)9-10)19(27(2,22)23)28(3,24)25/h6-7,9,13H,4-5,8H2,1-3H3,(H,17,20). The van der Waals surface area contributed by atoms with Gasteiger partial charge in [-0.15, -0.1) is 0 Å². The van der Waals surface area contributed by atoms with Crippen LogP contribution in [0.4, 0.5) is 16.2 Å². The topological polar surface area (TPSA) is 130 Å². The Balaban J connectivity index is 2.27.